The Balaban J connectivity index is 1.90. The average molecular weight is 423 g/mol. The smallest absolute Gasteiger partial charge is 0.339 e. The monoisotopic (exact) mass is 423 g/mol. The molecule has 0 saturated carbocycles. The number of pyridine rings is 1. The van der Waals surface area contributed by atoms with Crippen LogP contribution in [0.15, 0.2) is 42.6 Å². The van der Waals surface area contributed by atoms with Gasteiger partial charge in [-0.15, -0.1) is 0 Å². The van der Waals surface area contributed by atoms with Crippen LogP contribution in [0.3, 0.4) is 0 Å². The van der Waals surface area contributed by atoms with Crippen molar-refractivity contribution in [3.8, 4) is 11.3 Å². The second kappa shape index (κ2) is 9.38. The van der Waals surface area contributed by atoms with Crippen LogP contribution in [-0.2, 0) is 14.3 Å². The van der Waals surface area contributed by atoms with E-state index in [0.29, 0.717) is 16.7 Å². The van der Waals surface area contributed by atoms with Crippen molar-refractivity contribution in [2.75, 3.05) is 27.2 Å². The van der Waals surface area contributed by atoms with Crippen molar-refractivity contribution in [3.05, 3.63) is 48.2 Å². The van der Waals surface area contributed by atoms with E-state index in [1.165, 1.54) is 19.0 Å². The molecule has 0 spiro atoms. The van der Waals surface area contributed by atoms with Gasteiger partial charge >= 0.3 is 5.97 Å². The third-order valence-electron chi connectivity index (χ3n) is 4.76. The van der Waals surface area contributed by atoms with Crippen LogP contribution in [0.5, 0.6) is 0 Å². The second-order valence-electron chi connectivity index (χ2n) is 7.34. The van der Waals surface area contributed by atoms with Crippen molar-refractivity contribution < 1.29 is 19.1 Å². The van der Waals surface area contributed by atoms with E-state index in [1.807, 2.05) is 44.2 Å². The first kappa shape index (κ1) is 21.9. The van der Waals surface area contributed by atoms with Crippen LogP contribution >= 0.6 is 0 Å². The normalized spacial score (nSPS) is 10.9. The lowest BCUT2D eigenvalue weighted by atomic mass is 10.1. The highest BCUT2D eigenvalue weighted by Gasteiger charge is 2.21. The number of likely N-dealkylation sites (N-methyl/N-ethyl adjacent to an activating group) is 2. The molecule has 2 heterocycles. The first-order valence-electron chi connectivity index (χ1n) is 9.87. The number of hydrogen-bond acceptors (Lipinski definition) is 6. The van der Waals surface area contributed by atoms with Crippen molar-refractivity contribution >= 4 is 28.8 Å². The number of carbonyl (C=O) groups excluding carboxylic acids is 3. The van der Waals surface area contributed by atoms with Crippen molar-refractivity contribution in [1.29, 1.82) is 0 Å². The first-order valence-corrected chi connectivity index (χ1v) is 9.87. The molecule has 9 heteroatoms. The predicted molar refractivity (Wildman–Crippen MR) is 115 cm³/mol. The number of rotatable bonds is 7. The summed E-state index contributed by atoms with van der Waals surface area (Å²) < 4.78 is 7.01. The molecule has 31 heavy (non-hydrogen) atoms. The van der Waals surface area contributed by atoms with Crippen LogP contribution in [0.1, 0.15) is 30.2 Å². The molecule has 9 nitrogen and oxygen atoms in total. The molecular weight excluding hydrogens is 398 g/mol. The number of benzene rings is 1. The first-order chi connectivity index (χ1) is 14.8. The van der Waals surface area contributed by atoms with Crippen LogP contribution in [0, 0.1) is 0 Å². The van der Waals surface area contributed by atoms with Gasteiger partial charge in [0.15, 0.2) is 12.3 Å². The zero-order valence-corrected chi connectivity index (χ0v) is 18.0. The SMILES string of the molecule is CNC(=O)CN(C)C(=O)COC(=O)c1cc(-c2ccccc2)nc2c1cnn2C(C)C. The van der Waals surface area contributed by atoms with Crippen molar-refractivity contribution in [2.45, 2.75) is 19.9 Å². The van der Waals surface area contributed by atoms with E-state index in [2.05, 4.69) is 10.4 Å². The lowest BCUT2D eigenvalue weighted by Crippen LogP contribution is -2.39. The van der Waals surface area contributed by atoms with Crippen LogP contribution in [0.4, 0.5) is 0 Å². The van der Waals surface area contributed by atoms with Crippen molar-refractivity contribution in [1.82, 2.24) is 25.0 Å². The number of esters is 1. The summed E-state index contributed by atoms with van der Waals surface area (Å²) in [5, 5.41) is 7.35. The van der Waals surface area contributed by atoms with Gasteiger partial charge in [-0.2, -0.15) is 5.10 Å². The Morgan fingerprint density at radius 1 is 1.19 bits per heavy atom. The van der Waals surface area contributed by atoms with Crippen LogP contribution in [0.2, 0.25) is 0 Å². The number of amides is 2. The van der Waals surface area contributed by atoms with Crippen LogP contribution in [-0.4, -0.2) is 64.7 Å². The van der Waals surface area contributed by atoms with Gasteiger partial charge in [0.25, 0.3) is 5.91 Å². The summed E-state index contributed by atoms with van der Waals surface area (Å²) in [6, 6.07) is 11.2. The molecule has 0 bridgehead atoms. The summed E-state index contributed by atoms with van der Waals surface area (Å²) in [5.74, 6) is -1.45. The summed E-state index contributed by atoms with van der Waals surface area (Å²) in [4.78, 5) is 42.4. The van der Waals surface area contributed by atoms with Gasteiger partial charge in [-0.25, -0.2) is 14.5 Å². The summed E-state index contributed by atoms with van der Waals surface area (Å²) >= 11 is 0. The quantitative estimate of drug-likeness (QED) is 0.583. The summed E-state index contributed by atoms with van der Waals surface area (Å²) in [5.41, 5.74) is 2.28. The minimum Gasteiger partial charge on any atom is -0.452 e. The molecule has 1 N–H and O–H groups in total. The number of nitrogens with zero attached hydrogens (tertiary/aromatic N) is 4. The molecule has 0 saturated heterocycles. The summed E-state index contributed by atoms with van der Waals surface area (Å²) in [6.45, 7) is 3.35. The largest absolute Gasteiger partial charge is 0.452 e. The molecule has 0 unspecified atom stereocenters. The lowest BCUT2D eigenvalue weighted by molar-refractivity contribution is -0.137. The van der Waals surface area contributed by atoms with Gasteiger partial charge in [0.05, 0.1) is 29.4 Å². The maximum atomic E-state index is 12.9. The minimum absolute atomic E-state index is 0.0415. The number of nitrogens with one attached hydrogen (secondary N) is 1. The van der Waals surface area contributed by atoms with E-state index in [-0.39, 0.29) is 24.1 Å². The van der Waals surface area contributed by atoms with E-state index in [1.54, 1.807) is 16.9 Å². The molecule has 3 rings (SSSR count). The highest BCUT2D eigenvalue weighted by molar-refractivity contribution is 6.04. The lowest BCUT2D eigenvalue weighted by Gasteiger charge is -2.16. The Morgan fingerprint density at radius 3 is 2.55 bits per heavy atom. The Kier molecular flexibility index (Phi) is 6.64. The highest BCUT2D eigenvalue weighted by Crippen LogP contribution is 2.26. The van der Waals surface area contributed by atoms with Gasteiger partial charge in [-0.3, -0.25) is 9.59 Å². The third kappa shape index (κ3) is 4.88. The van der Waals surface area contributed by atoms with Gasteiger partial charge in [-0.1, -0.05) is 30.3 Å². The van der Waals surface area contributed by atoms with Gasteiger partial charge in [0.2, 0.25) is 5.91 Å². The topological polar surface area (TPSA) is 106 Å². The number of hydrogen-bond donors (Lipinski definition) is 1. The Hall–Kier alpha value is -3.75. The molecule has 0 aliphatic rings. The molecular formula is C22H25N5O4. The molecule has 1 aromatic carbocycles. The zero-order valence-electron chi connectivity index (χ0n) is 18.0. The average Bonchev–Trinajstić information content (AvgIpc) is 3.21. The fourth-order valence-electron chi connectivity index (χ4n) is 3.02. The standard InChI is InChI=1S/C22H25N5O4/c1-14(2)27-21-17(11-24-27)16(10-18(25-21)15-8-6-5-7-9-15)22(30)31-13-20(29)26(4)12-19(28)23-3/h5-11,14H,12-13H2,1-4H3,(H,23,28). The van der Waals surface area contributed by atoms with E-state index < -0.39 is 18.5 Å². The molecule has 0 aliphatic carbocycles. The second-order valence-corrected chi connectivity index (χ2v) is 7.34. The number of fused-ring (bicyclic) bond motifs is 1. The van der Waals surface area contributed by atoms with Crippen molar-refractivity contribution in [2.24, 2.45) is 0 Å². The van der Waals surface area contributed by atoms with Gasteiger partial charge < -0.3 is 15.0 Å². The number of ether oxygens (including phenoxy) is 1. The predicted octanol–water partition coefficient (Wildman–Crippen LogP) is 2.04. The number of carbonyl (C=O) groups is 3. The maximum Gasteiger partial charge on any atom is 0.339 e. The van der Waals surface area contributed by atoms with E-state index in [9.17, 15) is 14.4 Å². The number of aromatic nitrogens is 3. The third-order valence-corrected chi connectivity index (χ3v) is 4.76. The van der Waals surface area contributed by atoms with Gasteiger partial charge in [0, 0.05) is 25.7 Å². The van der Waals surface area contributed by atoms with Gasteiger partial charge in [0.1, 0.15) is 0 Å². The van der Waals surface area contributed by atoms with E-state index >= 15 is 0 Å². The maximum absolute atomic E-state index is 12.9. The fraction of sp³-hybridized carbons (Fsp3) is 0.318. The molecule has 0 atom stereocenters. The molecule has 2 amide bonds. The summed E-state index contributed by atoms with van der Waals surface area (Å²) in [6.07, 6.45) is 1.58. The zero-order chi connectivity index (χ0) is 22.5. The van der Waals surface area contributed by atoms with Gasteiger partial charge in [-0.05, 0) is 19.9 Å². The summed E-state index contributed by atoms with van der Waals surface area (Å²) in [7, 11) is 2.95. The van der Waals surface area contributed by atoms with Crippen LogP contribution < -0.4 is 5.32 Å². The van der Waals surface area contributed by atoms with Crippen LogP contribution in [0.25, 0.3) is 22.3 Å². The molecule has 0 radical (unpaired) electrons. The molecule has 162 valence electrons. The Bertz CT molecular complexity index is 1110. The minimum atomic E-state index is -0.658. The molecule has 2 aromatic heterocycles. The Morgan fingerprint density at radius 2 is 1.90 bits per heavy atom. The van der Waals surface area contributed by atoms with E-state index in [4.69, 9.17) is 9.72 Å². The molecule has 0 fully saturated rings. The highest BCUT2D eigenvalue weighted by atomic mass is 16.5. The Labute approximate surface area is 180 Å². The van der Waals surface area contributed by atoms with Crippen molar-refractivity contribution in [3.63, 3.8) is 0 Å². The molecule has 0 aliphatic heterocycles. The van der Waals surface area contributed by atoms with E-state index in [0.717, 1.165) is 5.56 Å². The fourth-order valence-corrected chi connectivity index (χ4v) is 3.02. The molecule has 3 aromatic rings.